The van der Waals surface area contributed by atoms with Gasteiger partial charge in [0.2, 0.25) is 0 Å². The Labute approximate surface area is 125 Å². The number of aliphatic carboxylic acids is 1. The van der Waals surface area contributed by atoms with Crippen LogP contribution in [0.2, 0.25) is 0 Å². The SMILES string of the molecule is CCC1(C(=O)O)CCCN1C(=O)N1CCN2CCCC2C1. The molecule has 0 bridgehead atoms. The zero-order chi connectivity index (χ0) is 15.0. The van der Waals surface area contributed by atoms with Gasteiger partial charge in [-0.2, -0.15) is 0 Å². The number of carboxylic acid groups (broad SMARTS) is 1. The van der Waals surface area contributed by atoms with Crippen molar-refractivity contribution in [1.29, 1.82) is 0 Å². The average molecular weight is 295 g/mol. The molecule has 0 aromatic rings. The summed E-state index contributed by atoms with van der Waals surface area (Å²) in [6.07, 6.45) is 4.22. The molecule has 0 saturated carbocycles. The molecular formula is C15H25N3O3. The highest BCUT2D eigenvalue weighted by molar-refractivity contribution is 5.87. The van der Waals surface area contributed by atoms with Gasteiger partial charge in [0.05, 0.1) is 0 Å². The summed E-state index contributed by atoms with van der Waals surface area (Å²) >= 11 is 0. The van der Waals surface area contributed by atoms with E-state index in [-0.39, 0.29) is 6.03 Å². The highest BCUT2D eigenvalue weighted by Crippen LogP contribution is 2.34. The van der Waals surface area contributed by atoms with Gasteiger partial charge in [-0.25, -0.2) is 9.59 Å². The second-order valence-corrected chi connectivity index (χ2v) is 6.51. The number of carbonyl (C=O) groups is 2. The number of fused-ring (bicyclic) bond motifs is 1. The van der Waals surface area contributed by atoms with Crippen LogP contribution < -0.4 is 0 Å². The van der Waals surface area contributed by atoms with Gasteiger partial charge in [-0.1, -0.05) is 6.92 Å². The first-order valence-electron chi connectivity index (χ1n) is 8.12. The summed E-state index contributed by atoms with van der Waals surface area (Å²) in [5.41, 5.74) is -0.982. The van der Waals surface area contributed by atoms with Gasteiger partial charge in [-0.15, -0.1) is 0 Å². The van der Waals surface area contributed by atoms with Gasteiger partial charge in [0.25, 0.3) is 0 Å². The first kappa shape index (κ1) is 14.6. The van der Waals surface area contributed by atoms with Crippen LogP contribution in [-0.2, 0) is 4.79 Å². The molecule has 3 aliphatic heterocycles. The molecule has 3 saturated heterocycles. The predicted octanol–water partition coefficient (Wildman–Crippen LogP) is 1.22. The van der Waals surface area contributed by atoms with Gasteiger partial charge >= 0.3 is 12.0 Å². The van der Waals surface area contributed by atoms with E-state index in [4.69, 9.17) is 0 Å². The lowest BCUT2D eigenvalue weighted by atomic mass is 9.93. The van der Waals surface area contributed by atoms with Crippen LogP contribution in [-0.4, -0.2) is 76.1 Å². The molecule has 3 fully saturated rings. The fourth-order valence-electron chi connectivity index (χ4n) is 4.23. The number of carbonyl (C=O) groups excluding carboxylic acids is 1. The van der Waals surface area contributed by atoms with E-state index in [9.17, 15) is 14.7 Å². The summed E-state index contributed by atoms with van der Waals surface area (Å²) in [5.74, 6) is -0.852. The summed E-state index contributed by atoms with van der Waals surface area (Å²) in [5, 5.41) is 9.61. The zero-order valence-corrected chi connectivity index (χ0v) is 12.8. The van der Waals surface area contributed by atoms with Crippen molar-refractivity contribution in [1.82, 2.24) is 14.7 Å². The average Bonchev–Trinajstić information content (AvgIpc) is 3.12. The summed E-state index contributed by atoms with van der Waals surface area (Å²) in [7, 11) is 0. The van der Waals surface area contributed by atoms with Crippen molar-refractivity contribution in [2.45, 2.75) is 50.6 Å². The summed E-state index contributed by atoms with van der Waals surface area (Å²) in [6, 6.07) is 0.412. The molecule has 2 atom stereocenters. The van der Waals surface area contributed by atoms with Gasteiger partial charge < -0.3 is 14.9 Å². The van der Waals surface area contributed by atoms with Crippen molar-refractivity contribution < 1.29 is 14.7 Å². The largest absolute Gasteiger partial charge is 0.479 e. The second-order valence-electron chi connectivity index (χ2n) is 6.51. The molecule has 0 aromatic heterocycles. The Bertz CT molecular complexity index is 442. The smallest absolute Gasteiger partial charge is 0.329 e. The third-order valence-electron chi connectivity index (χ3n) is 5.56. The monoisotopic (exact) mass is 295 g/mol. The lowest BCUT2D eigenvalue weighted by Crippen LogP contribution is -2.60. The number of rotatable bonds is 2. The van der Waals surface area contributed by atoms with Gasteiger partial charge in [0, 0.05) is 32.2 Å². The van der Waals surface area contributed by atoms with Crippen molar-refractivity contribution >= 4 is 12.0 Å². The minimum Gasteiger partial charge on any atom is -0.479 e. The van der Waals surface area contributed by atoms with Crippen molar-refractivity contribution in [3.8, 4) is 0 Å². The number of urea groups is 1. The summed E-state index contributed by atoms with van der Waals surface area (Å²) in [6.45, 7) is 6.00. The molecule has 6 nitrogen and oxygen atoms in total. The lowest BCUT2D eigenvalue weighted by molar-refractivity contribution is -0.148. The molecule has 2 unspecified atom stereocenters. The fraction of sp³-hybridized carbons (Fsp3) is 0.867. The highest BCUT2D eigenvalue weighted by atomic mass is 16.4. The van der Waals surface area contributed by atoms with E-state index in [1.54, 1.807) is 4.90 Å². The van der Waals surface area contributed by atoms with E-state index in [0.29, 0.717) is 25.4 Å². The van der Waals surface area contributed by atoms with Crippen LogP contribution in [0.5, 0.6) is 0 Å². The maximum atomic E-state index is 12.8. The highest BCUT2D eigenvalue weighted by Gasteiger charge is 2.50. The molecule has 0 radical (unpaired) electrons. The molecule has 1 N–H and O–H groups in total. The van der Waals surface area contributed by atoms with Gasteiger partial charge in [0.15, 0.2) is 0 Å². The molecule has 2 amide bonds. The Morgan fingerprint density at radius 1 is 1.19 bits per heavy atom. The van der Waals surface area contributed by atoms with Crippen molar-refractivity contribution in [2.24, 2.45) is 0 Å². The third kappa shape index (κ3) is 2.29. The number of hydrogen-bond donors (Lipinski definition) is 1. The number of piperazine rings is 1. The van der Waals surface area contributed by atoms with Crippen LogP contribution in [0.4, 0.5) is 4.79 Å². The van der Waals surface area contributed by atoms with Gasteiger partial charge in [-0.05, 0) is 38.6 Å². The minimum absolute atomic E-state index is 0.0664. The Morgan fingerprint density at radius 2 is 2.00 bits per heavy atom. The van der Waals surface area contributed by atoms with E-state index in [1.165, 1.54) is 6.42 Å². The number of carboxylic acids is 1. The molecule has 0 spiro atoms. The maximum absolute atomic E-state index is 12.8. The predicted molar refractivity (Wildman–Crippen MR) is 78.2 cm³/mol. The van der Waals surface area contributed by atoms with Crippen molar-refractivity contribution in [2.75, 3.05) is 32.7 Å². The molecule has 21 heavy (non-hydrogen) atoms. The Kier molecular flexibility index (Phi) is 3.82. The quantitative estimate of drug-likeness (QED) is 0.832. The molecule has 6 heteroatoms. The van der Waals surface area contributed by atoms with Gasteiger partial charge in [-0.3, -0.25) is 4.90 Å². The molecule has 118 valence electrons. The van der Waals surface area contributed by atoms with Crippen molar-refractivity contribution in [3.05, 3.63) is 0 Å². The van der Waals surface area contributed by atoms with E-state index in [0.717, 1.165) is 39.0 Å². The van der Waals surface area contributed by atoms with Crippen LogP contribution in [0.1, 0.15) is 39.0 Å². The first-order valence-corrected chi connectivity index (χ1v) is 8.12. The standard InChI is InChI=1S/C15H25N3O3/c1-2-15(13(19)20)6-4-8-18(15)14(21)17-10-9-16-7-3-5-12(16)11-17/h12H,2-11H2,1H3,(H,19,20). The van der Waals surface area contributed by atoms with E-state index < -0.39 is 11.5 Å². The van der Waals surface area contributed by atoms with Crippen LogP contribution in [0.25, 0.3) is 0 Å². The normalized spacial score (nSPS) is 33.3. The summed E-state index contributed by atoms with van der Waals surface area (Å²) in [4.78, 5) is 30.5. The molecule has 3 rings (SSSR count). The van der Waals surface area contributed by atoms with E-state index in [2.05, 4.69) is 4.90 Å². The lowest BCUT2D eigenvalue weighted by Gasteiger charge is -2.42. The topological polar surface area (TPSA) is 64.1 Å². The first-order chi connectivity index (χ1) is 10.1. The Morgan fingerprint density at radius 3 is 2.71 bits per heavy atom. The van der Waals surface area contributed by atoms with Gasteiger partial charge in [0.1, 0.15) is 5.54 Å². The molecule has 0 aliphatic carbocycles. The van der Waals surface area contributed by atoms with Crippen LogP contribution in [0, 0.1) is 0 Å². The minimum atomic E-state index is -0.982. The number of nitrogens with zero attached hydrogens (tertiary/aromatic N) is 3. The zero-order valence-electron chi connectivity index (χ0n) is 12.8. The Balaban J connectivity index is 1.73. The maximum Gasteiger partial charge on any atom is 0.329 e. The Hall–Kier alpha value is -1.30. The molecule has 3 heterocycles. The van der Waals surface area contributed by atoms with E-state index >= 15 is 0 Å². The summed E-state index contributed by atoms with van der Waals surface area (Å²) < 4.78 is 0. The van der Waals surface area contributed by atoms with E-state index in [1.807, 2.05) is 11.8 Å². The molecule has 3 aliphatic rings. The number of hydrogen-bond acceptors (Lipinski definition) is 3. The fourth-order valence-corrected chi connectivity index (χ4v) is 4.23. The third-order valence-corrected chi connectivity index (χ3v) is 5.56. The molecule has 0 aromatic carbocycles. The molecular weight excluding hydrogens is 270 g/mol. The van der Waals surface area contributed by atoms with Crippen LogP contribution in [0.15, 0.2) is 0 Å². The van der Waals surface area contributed by atoms with Crippen LogP contribution in [0.3, 0.4) is 0 Å². The number of likely N-dealkylation sites (tertiary alicyclic amines) is 1. The second kappa shape index (κ2) is 5.48. The van der Waals surface area contributed by atoms with Crippen LogP contribution >= 0.6 is 0 Å². The van der Waals surface area contributed by atoms with Crippen molar-refractivity contribution in [3.63, 3.8) is 0 Å². The number of amides is 2.